The van der Waals surface area contributed by atoms with Crippen LogP contribution in [0.15, 0.2) is 47.2 Å². The summed E-state index contributed by atoms with van der Waals surface area (Å²) in [6, 6.07) is 9.29. The van der Waals surface area contributed by atoms with E-state index in [1.54, 1.807) is 23.2 Å². The largest absolute Gasteiger partial charge is 0.459 e. The number of nitrogens with one attached hydrogen (secondary N) is 1. The predicted octanol–water partition coefficient (Wildman–Crippen LogP) is 4.78. The molecular weight excluding hydrogens is 422 g/mol. The number of rotatable bonds is 5. The number of piperidine rings is 1. The smallest absolute Gasteiger partial charge is 0.289 e. The van der Waals surface area contributed by atoms with Crippen molar-refractivity contribution in [2.24, 2.45) is 5.92 Å². The molecular formula is C22H22ClN3O3S. The molecule has 8 heteroatoms. The Hall–Kier alpha value is -2.64. The number of furan rings is 1. The van der Waals surface area contributed by atoms with E-state index in [0.29, 0.717) is 30.4 Å². The van der Waals surface area contributed by atoms with Crippen LogP contribution in [0.3, 0.4) is 0 Å². The number of anilines is 1. The fourth-order valence-electron chi connectivity index (χ4n) is 3.62. The summed E-state index contributed by atoms with van der Waals surface area (Å²) in [7, 11) is 0. The lowest BCUT2D eigenvalue weighted by Gasteiger charge is -2.31. The lowest BCUT2D eigenvalue weighted by atomic mass is 9.97. The number of likely N-dealkylation sites (tertiary alicyclic amines) is 1. The van der Waals surface area contributed by atoms with Crippen LogP contribution in [0.2, 0.25) is 5.02 Å². The first-order valence-corrected chi connectivity index (χ1v) is 11.0. The highest BCUT2D eigenvalue weighted by Crippen LogP contribution is 2.27. The number of hydrogen-bond acceptors (Lipinski definition) is 5. The minimum absolute atomic E-state index is 0.110. The summed E-state index contributed by atoms with van der Waals surface area (Å²) in [4.78, 5) is 32.3. The van der Waals surface area contributed by atoms with Crippen molar-refractivity contribution in [2.75, 3.05) is 18.4 Å². The Morgan fingerprint density at radius 2 is 2.20 bits per heavy atom. The van der Waals surface area contributed by atoms with E-state index in [9.17, 15) is 9.59 Å². The average Bonchev–Trinajstić information content (AvgIpc) is 3.43. The van der Waals surface area contributed by atoms with Gasteiger partial charge in [0.2, 0.25) is 5.91 Å². The molecule has 1 aromatic carbocycles. The van der Waals surface area contributed by atoms with Gasteiger partial charge < -0.3 is 14.6 Å². The van der Waals surface area contributed by atoms with Gasteiger partial charge in [0.05, 0.1) is 12.2 Å². The van der Waals surface area contributed by atoms with Crippen LogP contribution in [0.4, 0.5) is 5.13 Å². The van der Waals surface area contributed by atoms with E-state index in [2.05, 4.69) is 10.3 Å². The maximum absolute atomic E-state index is 12.8. The monoisotopic (exact) mass is 443 g/mol. The molecule has 4 rings (SSSR count). The van der Waals surface area contributed by atoms with Crippen LogP contribution in [0.25, 0.3) is 0 Å². The second-order valence-corrected chi connectivity index (χ2v) is 8.91. The van der Waals surface area contributed by atoms with Crippen LogP contribution in [0.1, 0.15) is 39.4 Å². The number of hydrogen-bond donors (Lipinski definition) is 1. The SMILES string of the molecule is Cc1cccc(Cc2cnc(NC(=O)C3CCCN(C(=O)c4ccco4)C3)s2)c1Cl. The molecule has 30 heavy (non-hydrogen) atoms. The Kier molecular flexibility index (Phi) is 6.20. The fourth-order valence-corrected chi connectivity index (χ4v) is 4.65. The highest BCUT2D eigenvalue weighted by atomic mass is 35.5. The summed E-state index contributed by atoms with van der Waals surface area (Å²) in [6.45, 7) is 2.98. The molecule has 1 unspecified atom stereocenters. The number of benzene rings is 1. The molecule has 3 heterocycles. The number of nitrogens with zero attached hydrogens (tertiary/aromatic N) is 2. The number of aryl methyl sites for hydroxylation is 1. The summed E-state index contributed by atoms with van der Waals surface area (Å²) in [5.41, 5.74) is 2.08. The van der Waals surface area contributed by atoms with E-state index >= 15 is 0 Å². The number of amides is 2. The molecule has 1 aliphatic rings. The van der Waals surface area contributed by atoms with Gasteiger partial charge in [-0.15, -0.1) is 11.3 Å². The van der Waals surface area contributed by atoms with Crippen LogP contribution >= 0.6 is 22.9 Å². The molecule has 2 amide bonds. The van der Waals surface area contributed by atoms with Gasteiger partial charge in [0.15, 0.2) is 10.9 Å². The van der Waals surface area contributed by atoms with E-state index in [1.165, 1.54) is 17.6 Å². The Bertz CT molecular complexity index is 1050. The second-order valence-electron chi connectivity index (χ2n) is 7.41. The molecule has 3 aromatic rings. The van der Waals surface area contributed by atoms with Crippen molar-refractivity contribution in [3.8, 4) is 0 Å². The first-order chi connectivity index (χ1) is 14.5. The van der Waals surface area contributed by atoms with Crippen molar-refractivity contribution >= 4 is 39.9 Å². The lowest BCUT2D eigenvalue weighted by Crippen LogP contribution is -2.43. The molecule has 0 radical (unpaired) electrons. The third-order valence-electron chi connectivity index (χ3n) is 5.23. The van der Waals surface area contributed by atoms with Crippen LogP contribution < -0.4 is 5.32 Å². The van der Waals surface area contributed by atoms with E-state index in [4.69, 9.17) is 16.0 Å². The summed E-state index contributed by atoms with van der Waals surface area (Å²) in [5, 5.41) is 4.24. The fraction of sp³-hybridized carbons (Fsp3) is 0.318. The summed E-state index contributed by atoms with van der Waals surface area (Å²) < 4.78 is 5.20. The number of halogens is 1. The highest BCUT2D eigenvalue weighted by Gasteiger charge is 2.30. The van der Waals surface area contributed by atoms with E-state index in [0.717, 1.165) is 33.9 Å². The Morgan fingerprint density at radius 3 is 3.00 bits per heavy atom. The van der Waals surface area contributed by atoms with Crippen LogP contribution in [-0.2, 0) is 11.2 Å². The van der Waals surface area contributed by atoms with E-state index in [1.807, 2.05) is 25.1 Å². The number of carbonyl (C=O) groups excluding carboxylic acids is 2. The van der Waals surface area contributed by atoms with Gasteiger partial charge in [-0.1, -0.05) is 29.8 Å². The maximum Gasteiger partial charge on any atom is 0.289 e. The van der Waals surface area contributed by atoms with Gasteiger partial charge in [-0.25, -0.2) is 4.98 Å². The topological polar surface area (TPSA) is 75.4 Å². The van der Waals surface area contributed by atoms with Crippen molar-refractivity contribution in [3.05, 3.63) is 69.6 Å². The number of carbonyl (C=O) groups is 2. The molecule has 1 atom stereocenters. The first-order valence-electron chi connectivity index (χ1n) is 9.83. The Balaban J connectivity index is 1.37. The van der Waals surface area contributed by atoms with Crippen molar-refractivity contribution < 1.29 is 14.0 Å². The minimum Gasteiger partial charge on any atom is -0.459 e. The van der Waals surface area contributed by atoms with Gasteiger partial charge in [-0.2, -0.15) is 0 Å². The molecule has 0 aliphatic carbocycles. The molecule has 1 saturated heterocycles. The zero-order valence-corrected chi connectivity index (χ0v) is 18.1. The molecule has 1 aliphatic heterocycles. The van der Waals surface area contributed by atoms with Gasteiger partial charge >= 0.3 is 0 Å². The van der Waals surface area contributed by atoms with Gasteiger partial charge in [-0.3, -0.25) is 9.59 Å². The van der Waals surface area contributed by atoms with Crippen molar-refractivity contribution in [1.29, 1.82) is 0 Å². The molecule has 0 bridgehead atoms. The third kappa shape index (κ3) is 4.57. The summed E-state index contributed by atoms with van der Waals surface area (Å²) in [6.07, 6.45) is 5.44. The van der Waals surface area contributed by atoms with E-state index < -0.39 is 0 Å². The molecule has 6 nitrogen and oxygen atoms in total. The first kappa shape index (κ1) is 20.6. The van der Waals surface area contributed by atoms with Crippen molar-refractivity contribution in [3.63, 3.8) is 0 Å². The van der Waals surface area contributed by atoms with Crippen LogP contribution in [0.5, 0.6) is 0 Å². The number of aromatic nitrogens is 1. The number of thiazole rings is 1. The zero-order valence-electron chi connectivity index (χ0n) is 16.6. The van der Waals surface area contributed by atoms with Gasteiger partial charge in [0.25, 0.3) is 5.91 Å². The third-order valence-corrected chi connectivity index (χ3v) is 6.69. The van der Waals surface area contributed by atoms with Crippen LogP contribution in [0, 0.1) is 12.8 Å². The molecule has 1 N–H and O–H groups in total. The predicted molar refractivity (Wildman–Crippen MR) is 117 cm³/mol. The molecule has 1 fully saturated rings. The van der Waals surface area contributed by atoms with Crippen LogP contribution in [-0.4, -0.2) is 34.8 Å². The average molecular weight is 444 g/mol. The molecule has 0 spiro atoms. The molecule has 2 aromatic heterocycles. The Labute approximate surface area is 183 Å². The quantitative estimate of drug-likeness (QED) is 0.615. The van der Waals surface area contributed by atoms with Crippen molar-refractivity contribution in [2.45, 2.75) is 26.2 Å². The summed E-state index contributed by atoms with van der Waals surface area (Å²) in [5.74, 6) is -0.253. The lowest BCUT2D eigenvalue weighted by molar-refractivity contribution is -0.121. The highest BCUT2D eigenvalue weighted by molar-refractivity contribution is 7.15. The maximum atomic E-state index is 12.8. The van der Waals surface area contributed by atoms with E-state index in [-0.39, 0.29) is 17.7 Å². The standard InChI is InChI=1S/C22H22ClN3O3S/c1-14-5-2-6-15(19(14)23)11-17-12-24-22(30-17)25-20(27)16-7-3-9-26(13-16)21(28)18-8-4-10-29-18/h2,4-6,8,10,12,16H,3,7,9,11,13H2,1H3,(H,24,25,27). The normalized spacial score (nSPS) is 16.5. The van der Waals surface area contributed by atoms with Crippen molar-refractivity contribution in [1.82, 2.24) is 9.88 Å². The molecule has 156 valence electrons. The molecule has 0 saturated carbocycles. The second kappa shape index (κ2) is 9.02. The summed E-state index contributed by atoms with van der Waals surface area (Å²) >= 11 is 7.83. The van der Waals surface area contributed by atoms with Gasteiger partial charge in [-0.05, 0) is 43.0 Å². The van der Waals surface area contributed by atoms with Gasteiger partial charge in [0, 0.05) is 35.6 Å². The minimum atomic E-state index is -0.267. The van der Waals surface area contributed by atoms with Gasteiger partial charge in [0.1, 0.15) is 0 Å². The zero-order chi connectivity index (χ0) is 21.1. The Morgan fingerprint density at radius 1 is 1.33 bits per heavy atom.